The SMILES string of the molecule is C.C.COc1ccc(CNCC2(n3cn[nH]c3=O)CCC(CO[C@H](C)c3cc(C(F)(F)F)cc(C(F)(F)F)c3)(c3ccccc3)CC2)cc1.C[C@@H](OC[C@@]1(c2ccccc2)CC[C@](CN)(n2cn[nH]c2=O)CN1)c1cc(C(F)(F)F)cc(C(F)(F)F)c1. The van der Waals surface area contributed by atoms with Crippen LogP contribution in [0.4, 0.5) is 52.7 Å². The molecule has 1 aliphatic heterocycles. The van der Waals surface area contributed by atoms with Crippen LogP contribution in [0.1, 0.15) is 130 Å². The van der Waals surface area contributed by atoms with Crippen LogP contribution in [0.5, 0.6) is 5.75 Å². The molecule has 7 aromatic rings. The summed E-state index contributed by atoms with van der Waals surface area (Å²) in [7, 11) is 1.60. The van der Waals surface area contributed by atoms with Crippen LogP contribution in [-0.2, 0) is 62.8 Å². The zero-order valence-corrected chi connectivity index (χ0v) is 46.3. The Morgan fingerprint density at radius 3 is 1.39 bits per heavy atom. The average Bonchev–Trinajstić information content (AvgIpc) is 1.74. The van der Waals surface area contributed by atoms with Crippen molar-refractivity contribution in [2.24, 2.45) is 5.73 Å². The molecule has 1 saturated heterocycles. The van der Waals surface area contributed by atoms with Crippen molar-refractivity contribution < 1.29 is 66.9 Å². The molecule has 0 spiro atoms. The molecule has 87 heavy (non-hydrogen) atoms. The topological polar surface area (TPSA) is 179 Å². The summed E-state index contributed by atoms with van der Waals surface area (Å²) in [5.41, 5.74) is -0.823. The van der Waals surface area contributed by atoms with E-state index >= 15 is 0 Å². The van der Waals surface area contributed by atoms with Crippen LogP contribution in [0.25, 0.3) is 0 Å². The van der Waals surface area contributed by atoms with Gasteiger partial charge in [-0.05, 0) is 129 Å². The number of piperidine rings is 1. The highest BCUT2D eigenvalue weighted by Gasteiger charge is 2.48. The molecule has 0 amide bonds. The Balaban J connectivity index is 0.000000278. The van der Waals surface area contributed by atoms with Gasteiger partial charge >= 0.3 is 36.1 Å². The van der Waals surface area contributed by atoms with Gasteiger partial charge in [0.25, 0.3) is 0 Å². The highest BCUT2D eigenvalue weighted by Crippen LogP contribution is 2.48. The number of alkyl halides is 12. The van der Waals surface area contributed by atoms with Gasteiger partial charge in [-0.1, -0.05) is 87.6 Å². The van der Waals surface area contributed by atoms with Crippen LogP contribution in [0.2, 0.25) is 0 Å². The minimum atomic E-state index is -4.96. The summed E-state index contributed by atoms with van der Waals surface area (Å²) in [5.74, 6) is 0.741. The van der Waals surface area contributed by atoms with Gasteiger partial charge in [0.15, 0.2) is 0 Å². The van der Waals surface area contributed by atoms with Gasteiger partial charge in [0.1, 0.15) is 18.4 Å². The molecule has 14 nitrogen and oxygen atoms in total. The predicted molar refractivity (Wildman–Crippen MR) is 302 cm³/mol. The van der Waals surface area contributed by atoms with E-state index in [0.717, 1.165) is 22.4 Å². The van der Waals surface area contributed by atoms with Gasteiger partial charge in [-0.25, -0.2) is 19.8 Å². The lowest BCUT2D eigenvalue weighted by molar-refractivity contribution is -0.145. The monoisotopic (exact) mass is 1240 g/mol. The third-order valence-corrected chi connectivity index (χ3v) is 16.4. The van der Waals surface area contributed by atoms with Gasteiger partial charge in [0.2, 0.25) is 0 Å². The first-order valence-corrected chi connectivity index (χ1v) is 27.0. The summed E-state index contributed by atoms with van der Waals surface area (Å²) in [6, 6.07) is 29.3. The molecule has 2 aliphatic rings. The number of nitrogens with one attached hydrogen (secondary N) is 4. The van der Waals surface area contributed by atoms with E-state index in [4.69, 9.17) is 19.9 Å². The lowest BCUT2D eigenvalue weighted by atomic mass is 9.64. The van der Waals surface area contributed by atoms with E-state index in [2.05, 4.69) is 31.0 Å². The highest BCUT2D eigenvalue weighted by atomic mass is 19.4. The molecule has 6 N–H and O–H groups in total. The number of nitrogens with zero attached hydrogens (tertiary/aromatic N) is 4. The Labute approximate surface area is 494 Å². The van der Waals surface area contributed by atoms with Gasteiger partial charge in [0, 0.05) is 31.6 Å². The lowest BCUT2D eigenvalue weighted by Gasteiger charge is -2.47. The first-order valence-electron chi connectivity index (χ1n) is 27.0. The summed E-state index contributed by atoms with van der Waals surface area (Å²) in [6.45, 7) is 4.22. The molecule has 4 atom stereocenters. The van der Waals surface area contributed by atoms with E-state index in [1.165, 1.54) is 31.1 Å². The molecular weight excluding hydrogens is 1170 g/mol. The fraction of sp³-hybridized carbons (Fsp3) is 0.443. The standard InChI is InChI=1S/C34H36F6N4O3.C25H27F6N5O2.2CH4/c1-23(25-16-27(33(35,36)37)18-28(17-25)34(38,39)40)47-21-31(26-6-4-3-5-7-26)12-14-32(15-13-31,44-22-42-43-30(44)45)20-41-19-24-8-10-29(46-2)11-9-24;1-16(17-9-19(24(26,27)28)11-20(10-17)25(29,30)31)38-14-23(18-5-3-2-4-6-18)8-7-22(12-32,13-33-23)36-15-34-35-21(36)37;;/h3-11,16-18,22-23,41H,12-15,19-21H2,1-2H3,(H,43,45);2-6,9-11,15-16,33H,7-8,12-14,32H2,1H3,(H,35,37);2*1H4/t23-,31?,32?;16-,22-,23-;;/m11../s1. The Bertz CT molecular complexity index is 3350. The Hall–Kier alpha value is -7.26. The number of nitrogens with two attached hydrogens (primary N) is 1. The Morgan fingerprint density at radius 2 is 1.00 bits per heavy atom. The third-order valence-electron chi connectivity index (χ3n) is 16.4. The first-order chi connectivity index (χ1) is 40.0. The van der Waals surface area contributed by atoms with Gasteiger partial charge in [-0.2, -0.15) is 62.9 Å². The number of ether oxygens (including phenoxy) is 3. The molecule has 0 unspecified atom stereocenters. The fourth-order valence-electron chi connectivity index (χ4n) is 11.2. The van der Waals surface area contributed by atoms with E-state index in [-0.39, 0.29) is 70.1 Å². The third kappa shape index (κ3) is 15.9. The Kier molecular flexibility index (Phi) is 21.7. The van der Waals surface area contributed by atoms with E-state index < -0.39 is 86.9 Å². The molecule has 9 rings (SSSR count). The van der Waals surface area contributed by atoms with Crippen molar-refractivity contribution in [1.29, 1.82) is 0 Å². The van der Waals surface area contributed by atoms with E-state index in [1.807, 2.05) is 84.9 Å². The van der Waals surface area contributed by atoms with Crippen molar-refractivity contribution >= 4 is 0 Å². The zero-order valence-electron chi connectivity index (χ0n) is 46.3. The van der Waals surface area contributed by atoms with Crippen LogP contribution < -0.4 is 32.5 Å². The van der Waals surface area contributed by atoms with Crippen LogP contribution in [0.3, 0.4) is 0 Å². The van der Waals surface area contributed by atoms with Crippen molar-refractivity contribution in [1.82, 2.24) is 40.2 Å². The molecule has 1 aliphatic carbocycles. The molecule has 3 heterocycles. The van der Waals surface area contributed by atoms with Crippen LogP contribution in [0.15, 0.2) is 144 Å². The summed E-state index contributed by atoms with van der Waals surface area (Å²) in [6.07, 6.45) is -16.2. The fourth-order valence-corrected chi connectivity index (χ4v) is 11.2. The number of halogens is 12. The van der Waals surface area contributed by atoms with Crippen LogP contribution in [0, 0.1) is 0 Å². The lowest BCUT2D eigenvalue weighted by Crippen LogP contribution is -2.62. The number of H-pyrrole nitrogens is 2. The second-order valence-electron chi connectivity index (χ2n) is 21.7. The van der Waals surface area contributed by atoms with Crippen LogP contribution >= 0.6 is 0 Å². The minimum Gasteiger partial charge on any atom is -0.497 e. The molecular formula is C61H71F12N9O5. The number of methoxy groups -OCH3 is 1. The minimum absolute atomic E-state index is 0. The first kappa shape index (κ1) is 68.8. The molecule has 0 bridgehead atoms. The quantitative estimate of drug-likeness (QED) is 0.0519. The second kappa shape index (κ2) is 27.4. The number of hydrogen-bond donors (Lipinski definition) is 5. The number of rotatable bonds is 18. The molecule has 474 valence electrons. The number of aromatic amines is 2. The smallest absolute Gasteiger partial charge is 0.416 e. The molecule has 5 aromatic carbocycles. The normalized spacial score (nSPS) is 21.6. The van der Waals surface area contributed by atoms with Crippen LogP contribution in [-0.4, -0.2) is 69.5 Å². The summed E-state index contributed by atoms with van der Waals surface area (Å²) >= 11 is 0. The highest BCUT2D eigenvalue weighted by molar-refractivity contribution is 5.37. The summed E-state index contributed by atoms with van der Waals surface area (Å²) < 4.78 is 182. The van der Waals surface area contributed by atoms with Gasteiger partial charge in [0.05, 0.1) is 71.4 Å². The number of benzene rings is 5. The van der Waals surface area contributed by atoms with Gasteiger partial charge < -0.3 is 30.6 Å². The molecule has 2 aromatic heterocycles. The van der Waals surface area contributed by atoms with Crippen molar-refractivity contribution in [2.45, 2.75) is 133 Å². The van der Waals surface area contributed by atoms with Crippen molar-refractivity contribution in [3.63, 3.8) is 0 Å². The number of aromatic nitrogens is 6. The maximum atomic E-state index is 13.5. The van der Waals surface area contributed by atoms with Crippen molar-refractivity contribution in [3.8, 4) is 5.75 Å². The van der Waals surface area contributed by atoms with Crippen molar-refractivity contribution in [2.75, 3.05) is 40.0 Å². The summed E-state index contributed by atoms with van der Waals surface area (Å²) in [4.78, 5) is 25.1. The Morgan fingerprint density at radius 1 is 0.575 bits per heavy atom. The predicted octanol–water partition coefficient (Wildman–Crippen LogP) is 13.0. The summed E-state index contributed by atoms with van der Waals surface area (Å²) in [5, 5.41) is 19.5. The van der Waals surface area contributed by atoms with E-state index in [9.17, 15) is 62.3 Å². The van der Waals surface area contributed by atoms with Gasteiger partial charge in [-0.3, -0.25) is 9.13 Å². The molecule has 26 heteroatoms. The maximum Gasteiger partial charge on any atom is 0.416 e. The van der Waals surface area contributed by atoms with E-state index in [0.29, 0.717) is 75.9 Å². The average molecular weight is 1240 g/mol. The van der Waals surface area contributed by atoms with Gasteiger partial charge in [-0.15, -0.1) is 0 Å². The maximum absolute atomic E-state index is 13.5. The molecule has 1 saturated carbocycles. The molecule has 0 radical (unpaired) electrons. The molecule has 2 fully saturated rings. The largest absolute Gasteiger partial charge is 0.497 e. The van der Waals surface area contributed by atoms with E-state index in [1.54, 1.807) is 11.7 Å². The zero-order chi connectivity index (χ0) is 61.6. The van der Waals surface area contributed by atoms with Crippen molar-refractivity contribution in [3.05, 3.63) is 205 Å². The second-order valence-corrected chi connectivity index (χ2v) is 21.7. The number of hydrogen-bond acceptors (Lipinski definition) is 10.